The van der Waals surface area contributed by atoms with Gasteiger partial charge in [0.25, 0.3) is 0 Å². The van der Waals surface area contributed by atoms with Crippen LogP contribution in [-0.2, 0) is 11.3 Å². The summed E-state index contributed by atoms with van der Waals surface area (Å²) in [6.45, 7) is 3.74. The molecule has 0 aliphatic carbocycles. The predicted octanol–water partition coefficient (Wildman–Crippen LogP) is 2.22. The maximum Gasteiger partial charge on any atom is 0.244 e. The number of nitrogens with one attached hydrogen (secondary N) is 2. The molecule has 0 bridgehead atoms. The minimum Gasteiger partial charge on any atom is -0.324 e. The predicted molar refractivity (Wildman–Crippen MR) is 82.7 cm³/mol. The summed E-state index contributed by atoms with van der Waals surface area (Å²) >= 11 is 0. The number of hydrogen-bond acceptors (Lipinski definition) is 3. The molecule has 4 heteroatoms. The Morgan fingerprint density at radius 2 is 2.10 bits per heavy atom. The standard InChI is InChI=1S/C16H25N3O/c1-16(10-6-7-11-17-16)15(20)18-14-9-5-4-8-13(14)12-19(2)3/h4-5,8-9,17H,6-7,10-12H2,1-3H3,(H,18,20). The van der Waals surface area contributed by atoms with Crippen LogP contribution in [0.5, 0.6) is 0 Å². The molecule has 1 saturated heterocycles. The van der Waals surface area contributed by atoms with Crippen molar-refractivity contribution in [2.75, 3.05) is 26.0 Å². The molecule has 2 N–H and O–H groups in total. The van der Waals surface area contributed by atoms with E-state index in [9.17, 15) is 4.79 Å². The van der Waals surface area contributed by atoms with E-state index in [1.165, 1.54) is 0 Å². The molecular formula is C16H25N3O. The first-order valence-corrected chi connectivity index (χ1v) is 7.30. The lowest BCUT2D eigenvalue weighted by molar-refractivity contribution is -0.122. The van der Waals surface area contributed by atoms with Crippen LogP contribution in [0.15, 0.2) is 24.3 Å². The summed E-state index contributed by atoms with van der Waals surface area (Å²) in [4.78, 5) is 14.6. The van der Waals surface area contributed by atoms with Gasteiger partial charge in [-0.3, -0.25) is 4.79 Å². The molecule has 1 aromatic carbocycles. The van der Waals surface area contributed by atoms with Gasteiger partial charge in [0.15, 0.2) is 0 Å². The second-order valence-electron chi connectivity index (χ2n) is 6.07. The summed E-state index contributed by atoms with van der Waals surface area (Å²) in [5.41, 5.74) is 1.62. The van der Waals surface area contributed by atoms with Crippen molar-refractivity contribution in [2.24, 2.45) is 0 Å². The molecule has 0 radical (unpaired) electrons. The van der Waals surface area contributed by atoms with Crippen molar-refractivity contribution >= 4 is 11.6 Å². The SMILES string of the molecule is CN(C)Cc1ccccc1NC(=O)C1(C)CCCCN1. The lowest BCUT2D eigenvalue weighted by atomic mass is 9.90. The fraction of sp³-hybridized carbons (Fsp3) is 0.562. The second-order valence-corrected chi connectivity index (χ2v) is 6.07. The van der Waals surface area contributed by atoms with Gasteiger partial charge in [0.1, 0.15) is 0 Å². The number of hydrogen-bond donors (Lipinski definition) is 2. The van der Waals surface area contributed by atoms with Gasteiger partial charge in [-0.1, -0.05) is 18.2 Å². The Kier molecular flexibility index (Phi) is 4.78. The molecule has 1 unspecified atom stereocenters. The smallest absolute Gasteiger partial charge is 0.244 e. The summed E-state index contributed by atoms with van der Waals surface area (Å²) in [6.07, 6.45) is 3.16. The third-order valence-electron chi connectivity index (χ3n) is 3.87. The molecular weight excluding hydrogens is 250 g/mol. The lowest BCUT2D eigenvalue weighted by Crippen LogP contribution is -2.54. The van der Waals surface area contributed by atoms with E-state index in [-0.39, 0.29) is 5.91 Å². The Balaban J connectivity index is 2.11. The van der Waals surface area contributed by atoms with Crippen LogP contribution in [0, 0.1) is 0 Å². The third-order valence-corrected chi connectivity index (χ3v) is 3.87. The first kappa shape index (κ1) is 15.0. The van der Waals surface area contributed by atoms with Gasteiger partial charge in [0, 0.05) is 12.2 Å². The van der Waals surface area contributed by atoms with Crippen LogP contribution >= 0.6 is 0 Å². The van der Waals surface area contributed by atoms with Crippen LogP contribution in [0.25, 0.3) is 0 Å². The van der Waals surface area contributed by atoms with Gasteiger partial charge >= 0.3 is 0 Å². The number of anilines is 1. The van der Waals surface area contributed by atoms with Crippen LogP contribution in [0.1, 0.15) is 31.7 Å². The van der Waals surface area contributed by atoms with E-state index in [0.29, 0.717) is 0 Å². The highest BCUT2D eigenvalue weighted by Gasteiger charge is 2.34. The highest BCUT2D eigenvalue weighted by Crippen LogP contribution is 2.23. The molecule has 1 aliphatic heterocycles. The molecule has 20 heavy (non-hydrogen) atoms. The number of nitrogens with zero attached hydrogens (tertiary/aromatic N) is 1. The average molecular weight is 275 g/mol. The Bertz CT molecular complexity index is 465. The maximum absolute atomic E-state index is 12.5. The topological polar surface area (TPSA) is 44.4 Å². The van der Waals surface area contributed by atoms with Gasteiger partial charge < -0.3 is 15.5 Å². The molecule has 110 valence electrons. The van der Waals surface area contributed by atoms with E-state index in [4.69, 9.17) is 0 Å². The van der Waals surface area contributed by atoms with Gasteiger partial charge in [0.05, 0.1) is 5.54 Å². The first-order valence-electron chi connectivity index (χ1n) is 7.30. The molecule has 4 nitrogen and oxygen atoms in total. The molecule has 1 aromatic rings. The number of carbonyl (C=O) groups excluding carboxylic acids is 1. The van der Waals surface area contributed by atoms with E-state index in [2.05, 4.69) is 21.6 Å². The molecule has 0 aromatic heterocycles. The van der Waals surface area contributed by atoms with Crippen LogP contribution in [0.2, 0.25) is 0 Å². The number of benzene rings is 1. The number of amides is 1. The van der Waals surface area contributed by atoms with E-state index in [0.717, 1.165) is 43.6 Å². The summed E-state index contributed by atoms with van der Waals surface area (Å²) in [5.74, 6) is 0.0726. The van der Waals surface area contributed by atoms with Crippen molar-refractivity contribution < 1.29 is 4.79 Å². The largest absolute Gasteiger partial charge is 0.324 e. The Morgan fingerprint density at radius 1 is 1.35 bits per heavy atom. The quantitative estimate of drug-likeness (QED) is 0.885. The van der Waals surface area contributed by atoms with Crippen molar-refractivity contribution in [3.8, 4) is 0 Å². The van der Waals surface area contributed by atoms with Crippen LogP contribution in [0.4, 0.5) is 5.69 Å². The number of carbonyl (C=O) groups is 1. The van der Waals surface area contributed by atoms with Crippen LogP contribution < -0.4 is 10.6 Å². The van der Waals surface area contributed by atoms with Crippen LogP contribution in [-0.4, -0.2) is 37.0 Å². The van der Waals surface area contributed by atoms with Crippen molar-refractivity contribution in [3.63, 3.8) is 0 Å². The lowest BCUT2D eigenvalue weighted by Gasteiger charge is -2.33. The molecule has 1 aliphatic rings. The Labute approximate surface area is 121 Å². The van der Waals surface area contributed by atoms with Gasteiger partial charge in [-0.05, 0) is 58.5 Å². The highest BCUT2D eigenvalue weighted by molar-refractivity contribution is 5.98. The Morgan fingerprint density at radius 3 is 2.75 bits per heavy atom. The minimum absolute atomic E-state index is 0.0726. The zero-order valence-corrected chi connectivity index (χ0v) is 12.7. The van der Waals surface area contributed by atoms with Crippen molar-refractivity contribution in [1.82, 2.24) is 10.2 Å². The molecule has 1 atom stereocenters. The first-order chi connectivity index (χ1) is 9.51. The van der Waals surface area contributed by atoms with Gasteiger partial charge in [-0.2, -0.15) is 0 Å². The zero-order valence-electron chi connectivity index (χ0n) is 12.7. The summed E-state index contributed by atoms with van der Waals surface area (Å²) in [5, 5.41) is 6.45. The molecule has 0 saturated carbocycles. The molecule has 2 rings (SSSR count). The number of para-hydroxylation sites is 1. The van der Waals surface area contributed by atoms with Gasteiger partial charge in [-0.25, -0.2) is 0 Å². The summed E-state index contributed by atoms with van der Waals surface area (Å²) in [6, 6.07) is 8.01. The van der Waals surface area contributed by atoms with Crippen molar-refractivity contribution in [1.29, 1.82) is 0 Å². The average Bonchev–Trinajstić information content (AvgIpc) is 2.41. The van der Waals surface area contributed by atoms with Gasteiger partial charge in [0.2, 0.25) is 5.91 Å². The molecule has 1 heterocycles. The molecule has 1 amide bonds. The van der Waals surface area contributed by atoms with Crippen molar-refractivity contribution in [2.45, 2.75) is 38.3 Å². The number of rotatable bonds is 4. The van der Waals surface area contributed by atoms with E-state index >= 15 is 0 Å². The van der Waals surface area contributed by atoms with E-state index in [1.54, 1.807) is 0 Å². The fourth-order valence-electron chi connectivity index (χ4n) is 2.63. The van der Waals surface area contributed by atoms with Crippen LogP contribution in [0.3, 0.4) is 0 Å². The third kappa shape index (κ3) is 3.58. The minimum atomic E-state index is -0.441. The van der Waals surface area contributed by atoms with E-state index in [1.807, 2.05) is 39.2 Å². The highest BCUT2D eigenvalue weighted by atomic mass is 16.2. The second kappa shape index (κ2) is 6.37. The monoisotopic (exact) mass is 275 g/mol. The molecule has 1 fully saturated rings. The zero-order chi connectivity index (χ0) is 14.6. The summed E-state index contributed by atoms with van der Waals surface area (Å²) < 4.78 is 0. The van der Waals surface area contributed by atoms with Gasteiger partial charge in [-0.15, -0.1) is 0 Å². The fourth-order valence-corrected chi connectivity index (χ4v) is 2.63. The molecule has 0 spiro atoms. The Hall–Kier alpha value is -1.39. The van der Waals surface area contributed by atoms with Crippen molar-refractivity contribution in [3.05, 3.63) is 29.8 Å². The number of piperidine rings is 1. The maximum atomic E-state index is 12.5. The normalized spacial score (nSPS) is 22.8. The van der Waals surface area contributed by atoms with E-state index < -0.39 is 5.54 Å². The summed E-state index contributed by atoms with van der Waals surface area (Å²) in [7, 11) is 4.06.